The first-order valence-corrected chi connectivity index (χ1v) is 4.75. The van der Waals surface area contributed by atoms with Crippen LogP contribution in [0.5, 0.6) is 0 Å². The van der Waals surface area contributed by atoms with E-state index < -0.39 is 12.2 Å². The molecule has 0 aromatic carbocycles. The highest BCUT2D eigenvalue weighted by molar-refractivity contribution is 5.69. The normalized spacial score (nSPS) is 27.1. The molecule has 14 heavy (non-hydrogen) atoms. The average molecular weight is 191 g/mol. The molecular formula is C11H13NO2. The molecule has 2 rings (SSSR count). The van der Waals surface area contributed by atoms with Gasteiger partial charge in [-0.2, -0.15) is 0 Å². The number of hydrogen-bond acceptors (Lipinski definition) is 3. The van der Waals surface area contributed by atoms with Crippen molar-refractivity contribution in [3.63, 3.8) is 0 Å². The van der Waals surface area contributed by atoms with Gasteiger partial charge in [0.25, 0.3) is 0 Å². The number of aromatic nitrogens is 1. The smallest absolute Gasteiger partial charge is 0.105 e. The van der Waals surface area contributed by atoms with Gasteiger partial charge in [-0.05, 0) is 30.0 Å². The Kier molecular flexibility index (Phi) is 2.61. The molecule has 1 aliphatic rings. The Hall–Kier alpha value is -1.19. The lowest BCUT2D eigenvalue weighted by atomic mass is 9.90. The van der Waals surface area contributed by atoms with Crippen molar-refractivity contribution in [3.05, 3.63) is 36.2 Å². The van der Waals surface area contributed by atoms with Crippen molar-refractivity contribution >= 4 is 5.57 Å². The van der Waals surface area contributed by atoms with E-state index in [9.17, 15) is 10.2 Å². The Morgan fingerprint density at radius 1 is 1.36 bits per heavy atom. The predicted octanol–water partition coefficient (Wildman–Crippen LogP) is 0.981. The molecule has 3 nitrogen and oxygen atoms in total. The Morgan fingerprint density at radius 2 is 2.21 bits per heavy atom. The number of aliphatic hydroxyl groups excluding tert-OH is 2. The zero-order valence-electron chi connectivity index (χ0n) is 7.80. The first-order valence-electron chi connectivity index (χ1n) is 4.75. The van der Waals surface area contributed by atoms with Gasteiger partial charge in [0.15, 0.2) is 0 Å². The summed E-state index contributed by atoms with van der Waals surface area (Å²) in [4.78, 5) is 3.99. The van der Waals surface area contributed by atoms with Gasteiger partial charge in [0.05, 0.1) is 6.10 Å². The van der Waals surface area contributed by atoms with Crippen molar-refractivity contribution in [1.29, 1.82) is 0 Å². The van der Waals surface area contributed by atoms with Gasteiger partial charge in [-0.15, -0.1) is 0 Å². The number of pyridine rings is 1. The summed E-state index contributed by atoms with van der Waals surface area (Å²) in [5.74, 6) is 0. The molecule has 0 aliphatic heterocycles. The average Bonchev–Trinajstić information content (AvgIpc) is 2.23. The summed E-state index contributed by atoms with van der Waals surface area (Å²) in [5, 5.41) is 19.2. The molecule has 1 aromatic heterocycles. The van der Waals surface area contributed by atoms with Crippen molar-refractivity contribution in [2.75, 3.05) is 0 Å². The maximum Gasteiger partial charge on any atom is 0.105 e. The van der Waals surface area contributed by atoms with Crippen molar-refractivity contribution < 1.29 is 10.2 Å². The molecule has 0 saturated carbocycles. The zero-order chi connectivity index (χ0) is 9.97. The second-order valence-corrected chi connectivity index (χ2v) is 3.49. The van der Waals surface area contributed by atoms with Crippen LogP contribution in [0.1, 0.15) is 18.4 Å². The van der Waals surface area contributed by atoms with Crippen LogP contribution in [0.3, 0.4) is 0 Å². The molecule has 0 fully saturated rings. The third kappa shape index (κ3) is 1.69. The van der Waals surface area contributed by atoms with Crippen molar-refractivity contribution in [3.8, 4) is 0 Å². The minimum Gasteiger partial charge on any atom is -0.390 e. The third-order valence-corrected chi connectivity index (χ3v) is 2.50. The van der Waals surface area contributed by atoms with E-state index >= 15 is 0 Å². The van der Waals surface area contributed by atoms with E-state index in [1.165, 1.54) is 0 Å². The van der Waals surface area contributed by atoms with Gasteiger partial charge >= 0.3 is 0 Å². The van der Waals surface area contributed by atoms with Gasteiger partial charge in [-0.1, -0.05) is 12.1 Å². The Morgan fingerprint density at radius 3 is 2.93 bits per heavy atom. The first kappa shape index (κ1) is 9.37. The molecule has 0 bridgehead atoms. The van der Waals surface area contributed by atoms with Crippen LogP contribution in [0.4, 0.5) is 0 Å². The van der Waals surface area contributed by atoms with E-state index in [0.717, 1.165) is 17.6 Å². The number of nitrogens with zero attached hydrogens (tertiary/aromatic N) is 1. The monoisotopic (exact) mass is 191 g/mol. The van der Waals surface area contributed by atoms with E-state index in [4.69, 9.17) is 0 Å². The third-order valence-electron chi connectivity index (χ3n) is 2.50. The summed E-state index contributed by atoms with van der Waals surface area (Å²) in [6, 6.07) is 3.71. The minimum absolute atomic E-state index is 0.630. The fraction of sp³-hybridized carbons (Fsp3) is 0.364. The van der Waals surface area contributed by atoms with E-state index in [2.05, 4.69) is 4.98 Å². The highest BCUT2D eigenvalue weighted by atomic mass is 16.3. The molecule has 1 aromatic rings. The van der Waals surface area contributed by atoms with Crippen LogP contribution in [0.2, 0.25) is 0 Å². The number of allylic oxidation sites excluding steroid dienone is 1. The van der Waals surface area contributed by atoms with Gasteiger partial charge in [0.2, 0.25) is 0 Å². The van der Waals surface area contributed by atoms with Crippen LogP contribution < -0.4 is 0 Å². The van der Waals surface area contributed by atoms with Crippen LogP contribution in [-0.4, -0.2) is 27.4 Å². The fourth-order valence-electron chi connectivity index (χ4n) is 1.72. The van der Waals surface area contributed by atoms with Gasteiger partial charge in [-0.3, -0.25) is 4.98 Å². The molecule has 0 amide bonds. The minimum atomic E-state index is -0.770. The number of rotatable bonds is 1. The van der Waals surface area contributed by atoms with Crippen molar-refractivity contribution in [2.45, 2.75) is 25.0 Å². The lowest BCUT2D eigenvalue weighted by molar-refractivity contribution is 0.0453. The number of hydrogen-bond donors (Lipinski definition) is 2. The van der Waals surface area contributed by atoms with Gasteiger partial charge in [0, 0.05) is 12.4 Å². The molecule has 1 heterocycles. The van der Waals surface area contributed by atoms with E-state index in [1.807, 2.05) is 18.2 Å². The maximum atomic E-state index is 9.74. The van der Waals surface area contributed by atoms with Crippen LogP contribution >= 0.6 is 0 Å². The summed E-state index contributed by atoms with van der Waals surface area (Å²) < 4.78 is 0. The predicted molar refractivity (Wildman–Crippen MR) is 53.5 cm³/mol. The standard InChI is InChI=1S/C11H13NO2/c13-10-5-1-4-9(11(10)14)8-3-2-6-12-7-8/h2-4,6-7,10-11,13-14H,1,5H2/t10-,11-/m0/s1. The SMILES string of the molecule is O[C@H]1CCC=C(c2cccnc2)[C@@H]1O. The summed E-state index contributed by atoms with van der Waals surface area (Å²) >= 11 is 0. The molecular weight excluding hydrogens is 178 g/mol. The van der Waals surface area contributed by atoms with Crippen LogP contribution in [0.15, 0.2) is 30.6 Å². The highest BCUT2D eigenvalue weighted by Gasteiger charge is 2.24. The van der Waals surface area contributed by atoms with Crippen LogP contribution in [0, 0.1) is 0 Å². The largest absolute Gasteiger partial charge is 0.390 e. The van der Waals surface area contributed by atoms with Gasteiger partial charge in [-0.25, -0.2) is 0 Å². The summed E-state index contributed by atoms with van der Waals surface area (Å²) in [5.41, 5.74) is 1.68. The molecule has 74 valence electrons. The fourth-order valence-corrected chi connectivity index (χ4v) is 1.72. The quantitative estimate of drug-likeness (QED) is 0.695. The molecule has 0 spiro atoms. The summed E-state index contributed by atoms with van der Waals surface area (Å²) in [7, 11) is 0. The lowest BCUT2D eigenvalue weighted by Crippen LogP contribution is -2.29. The van der Waals surface area contributed by atoms with E-state index in [1.54, 1.807) is 12.4 Å². The van der Waals surface area contributed by atoms with Crippen molar-refractivity contribution in [1.82, 2.24) is 4.98 Å². The molecule has 0 unspecified atom stereocenters. The Labute approximate surface area is 82.7 Å². The molecule has 2 N–H and O–H groups in total. The van der Waals surface area contributed by atoms with E-state index in [0.29, 0.717) is 6.42 Å². The Balaban J connectivity index is 2.30. The lowest BCUT2D eigenvalue weighted by Gasteiger charge is -2.24. The zero-order valence-corrected chi connectivity index (χ0v) is 7.80. The highest BCUT2D eigenvalue weighted by Crippen LogP contribution is 2.26. The second kappa shape index (κ2) is 3.90. The molecule has 0 radical (unpaired) electrons. The van der Waals surface area contributed by atoms with Gasteiger partial charge < -0.3 is 10.2 Å². The Bertz CT molecular complexity index is 334. The van der Waals surface area contributed by atoms with Gasteiger partial charge in [0.1, 0.15) is 6.10 Å². The maximum absolute atomic E-state index is 9.74. The van der Waals surface area contributed by atoms with Crippen LogP contribution in [-0.2, 0) is 0 Å². The molecule has 3 heteroatoms. The molecule has 0 saturated heterocycles. The summed E-state index contributed by atoms with van der Waals surface area (Å²) in [6.07, 6.45) is 5.38. The number of aliphatic hydroxyl groups is 2. The summed E-state index contributed by atoms with van der Waals surface area (Å²) in [6.45, 7) is 0. The first-order chi connectivity index (χ1) is 6.79. The topological polar surface area (TPSA) is 53.4 Å². The molecule has 2 atom stereocenters. The van der Waals surface area contributed by atoms with Crippen molar-refractivity contribution in [2.24, 2.45) is 0 Å². The van der Waals surface area contributed by atoms with Crippen LogP contribution in [0.25, 0.3) is 5.57 Å². The van der Waals surface area contributed by atoms with E-state index in [-0.39, 0.29) is 0 Å². The molecule has 1 aliphatic carbocycles. The second-order valence-electron chi connectivity index (χ2n) is 3.49.